The molecule has 0 atom stereocenters. The summed E-state index contributed by atoms with van der Waals surface area (Å²) < 4.78 is 2.18. The fourth-order valence-corrected chi connectivity index (χ4v) is 3.29. The lowest BCUT2D eigenvalue weighted by atomic mass is 10.1. The molecule has 0 saturated heterocycles. The lowest BCUT2D eigenvalue weighted by molar-refractivity contribution is 0.0699. The molecule has 2 aromatic rings. The van der Waals surface area contributed by atoms with E-state index in [1.54, 1.807) is 5.38 Å². The Hall–Kier alpha value is -0.620. The molecule has 0 radical (unpaired) electrons. The Morgan fingerprint density at radius 2 is 2.21 bits per heavy atom. The first-order valence-electron chi connectivity index (χ1n) is 4.01. The minimum Gasteiger partial charge on any atom is -0.478 e. The maximum atomic E-state index is 10.9. The van der Waals surface area contributed by atoms with Crippen LogP contribution in [0, 0.1) is 10.5 Å². The number of benzene rings is 1. The van der Waals surface area contributed by atoms with E-state index in [-0.39, 0.29) is 0 Å². The summed E-state index contributed by atoms with van der Waals surface area (Å²) >= 11 is 3.72. The number of carboxylic acid groups (broad SMARTS) is 1. The molecule has 0 aliphatic rings. The highest BCUT2D eigenvalue weighted by atomic mass is 127. The highest BCUT2D eigenvalue weighted by Crippen LogP contribution is 2.32. The van der Waals surface area contributed by atoms with Gasteiger partial charge >= 0.3 is 5.97 Å². The zero-order valence-corrected chi connectivity index (χ0v) is 10.3. The van der Waals surface area contributed by atoms with Gasteiger partial charge in [0.15, 0.2) is 0 Å². The summed E-state index contributed by atoms with van der Waals surface area (Å²) in [7, 11) is 0. The Labute approximate surface area is 98.7 Å². The van der Waals surface area contributed by atoms with Gasteiger partial charge in [0.05, 0.1) is 5.56 Å². The first-order valence-corrected chi connectivity index (χ1v) is 5.96. The van der Waals surface area contributed by atoms with Gasteiger partial charge in [-0.25, -0.2) is 4.79 Å². The molecule has 4 heteroatoms. The predicted molar refractivity (Wildman–Crippen MR) is 66.2 cm³/mol. The van der Waals surface area contributed by atoms with Crippen molar-refractivity contribution < 1.29 is 9.90 Å². The number of thiophene rings is 1. The van der Waals surface area contributed by atoms with Crippen molar-refractivity contribution in [2.75, 3.05) is 0 Å². The summed E-state index contributed by atoms with van der Waals surface area (Å²) in [6, 6.07) is 3.98. The van der Waals surface area contributed by atoms with Crippen LogP contribution in [0.15, 0.2) is 17.5 Å². The van der Waals surface area contributed by atoms with Crippen LogP contribution in [0.1, 0.15) is 15.9 Å². The van der Waals surface area contributed by atoms with Crippen molar-refractivity contribution in [1.29, 1.82) is 0 Å². The van der Waals surface area contributed by atoms with Crippen LogP contribution >= 0.6 is 33.9 Å². The van der Waals surface area contributed by atoms with Gasteiger partial charge < -0.3 is 5.11 Å². The molecule has 0 saturated carbocycles. The number of carboxylic acids is 1. The van der Waals surface area contributed by atoms with E-state index < -0.39 is 5.97 Å². The highest BCUT2D eigenvalue weighted by molar-refractivity contribution is 14.1. The topological polar surface area (TPSA) is 37.3 Å². The number of halogens is 1. The molecule has 0 bridgehead atoms. The normalized spacial score (nSPS) is 10.7. The number of carbonyl (C=O) groups is 1. The maximum absolute atomic E-state index is 10.9. The lowest BCUT2D eigenvalue weighted by Crippen LogP contribution is -1.94. The van der Waals surface area contributed by atoms with E-state index in [1.807, 2.05) is 19.1 Å². The monoisotopic (exact) mass is 318 g/mol. The van der Waals surface area contributed by atoms with Crippen LogP contribution in [0.3, 0.4) is 0 Å². The van der Waals surface area contributed by atoms with Gasteiger partial charge in [0.1, 0.15) is 0 Å². The summed E-state index contributed by atoms with van der Waals surface area (Å²) in [5.74, 6) is -0.846. The zero-order valence-electron chi connectivity index (χ0n) is 7.37. The Bertz CT molecular complexity index is 516. The minimum absolute atomic E-state index is 0.418. The Morgan fingerprint density at radius 1 is 1.50 bits per heavy atom. The van der Waals surface area contributed by atoms with Gasteiger partial charge in [0.25, 0.3) is 0 Å². The Morgan fingerprint density at radius 3 is 2.86 bits per heavy atom. The third-order valence-electron chi connectivity index (χ3n) is 2.11. The van der Waals surface area contributed by atoms with Crippen molar-refractivity contribution in [2.45, 2.75) is 6.92 Å². The maximum Gasteiger partial charge on any atom is 0.337 e. The van der Waals surface area contributed by atoms with Gasteiger partial charge in [-0.15, -0.1) is 11.3 Å². The SMILES string of the molecule is Cc1ccc(I)c2scc(C(=O)O)c12. The molecule has 0 aliphatic carbocycles. The van der Waals surface area contributed by atoms with Crippen LogP contribution in [-0.4, -0.2) is 11.1 Å². The van der Waals surface area contributed by atoms with Crippen LogP contribution in [0.4, 0.5) is 0 Å². The fraction of sp³-hybridized carbons (Fsp3) is 0.100. The Kier molecular flexibility index (Phi) is 2.48. The largest absolute Gasteiger partial charge is 0.478 e. The van der Waals surface area contributed by atoms with E-state index in [2.05, 4.69) is 22.6 Å². The first-order chi connectivity index (χ1) is 6.61. The molecule has 1 heterocycles. The molecule has 72 valence electrons. The molecule has 2 nitrogen and oxygen atoms in total. The van der Waals surface area contributed by atoms with Gasteiger partial charge in [0, 0.05) is 19.0 Å². The molecule has 1 aromatic heterocycles. The summed E-state index contributed by atoms with van der Waals surface area (Å²) in [5, 5.41) is 11.6. The fourth-order valence-electron chi connectivity index (χ4n) is 1.44. The van der Waals surface area contributed by atoms with Gasteiger partial charge in [-0.05, 0) is 41.1 Å². The van der Waals surface area contributed by atoms with Crippen LogP contribution in [0.25, 0.3) is 10.1 Å². The van der Waals surface area contributed by atoms with Gasteiger partial charge in [-0.3, -0.25) is 0 Å². The lowest BCUT2D eigenvalue weighted by Gasteiger charge is -1.99. The average Bonchev–Trinajstić information content (AvgIpc) is 2.56. The van der Waals surface area contributed by atoms with Crippen LogP contribution < -0.4 is 0 Å². The van der Waals surface area contributed by atoms with Gasteiger partial charge in [-0.2, -0.15) is 0 Å². The van der Waals surface area contributed by atoms with E-state index >= 15 is 0 Å². The molecule has 2 rings (SSSR count). The van der Waals surface area contributed by atoms with Crippen molar-refractivity contribution in [2.24, 2.45) is 0 Å². The molecule has 0 unspecified atom stereocenters. The van der Waals surface area contributed by atoms with Crippen molar-refractivity contribution in [3.8, 4) is 0 Å². The van der Waals surface area contributed by atoms with E-state index in [9.17, 15) is 4.79 Å². The summed E-state index contributed by atoms with van der Waals surface area (Å²) in [5.41, 5.74) is 1.44. The van der Waals surface area contributed by atoms with Gasteiger partial charge in [0.2, 0.25) is 0 Å². The second-order valence-corrected chi connectivity index (χ2v) is 5.06. The molecule has 1 aromatic carbocycles. The summed E-state index contributed by atoms with van der Waals surface area (Å²) in [6.45, 7) is 1.94. The molecule has 0 aliphatic heterocycles. The van der Waals surface area contributed by atoms with Crippen molar-refractivity contribution in [1.82, 2.24) is 0 Å². The second-order valence-electron chi connectivity index (χ2n) is 3.02. The molecule has 0 amide bonds. The Balaban J connectivity index is 2.90. The summed E-state index contributed by atoms with van der Waals surface area (Å²) in [4.78, 5) is 10.9. The number of hydrogen-bond donors (Lipinski definition) is 1. The third kappa shape index (κ3) is 1.42. The summed E-state index contributed by atoms with van der Waals surface area (Å²) in [6.07, 6.45) is 0. The van der Waals surface area contributed by atoms with Crippen molar-refractivity contribution >= 4 is 50.0 Å². The van der Waals surface area contributed by atoms with Crippen molar-refractivity contribution in [3.63, 3.8) is 0 Å². The van der Waals surface area contributed by atoms with Gasteiger partial charge in [-0.1, -0.05) is 6.07 Å². The number of fused-ring (bicyclic) bond motifs is 1. The molecule has 14 heavy (non-hydrogen) atoms. The third-order valence-corrected chi connectivity index (χ3v) is 4.39. The average molecular weight is 318 g/mol. The van der Waals surface area contributed by atoms with E-state index in [0.29, 0.717) is 5.56 Å². The second kappa shape index (κ2) is 3.51. The zero-order chi connectivity index (χ0) is 10.3. The molecule has 0 spiro atoms. The van der Waals surface area contributed by atoms with Crippen LogP contribution in [-0.2, 0) is 0 Å². The van der Waals surface area contributed by atoms with Crippen molar-refractivity contribution in [3.05, 3.63) is 32.2 Å². The minimum atomic E-state index is -0.846. The number of rotatable bonds is 1. The predicted octanol–water partition coefficient (Wildman–Crippen LogP) is 3.51. The smallest absolute Gasteiger partial charge is 0.337 e. The standard InChI is InChI=1S/C10H7IO2S/c1-5-2-3-7(11)9-8(5)6(4-14-9)10(12)13/h2-4H,1H3,(H,12,13). The molecule has 0 fully saturated rings. The number of hydrogen-bond acceptors (Lipinski definition) is 2. The molecular weight excluding hydrogens is 311 g/mol. The molecule has 1 N–H and O–H groups in total. The van der Waals surface area contributed by atoms with Crippen LogP contribution in [0.2, 0.25) is 0 Å². The number of aryl methyl sites for hydroxylation is 1. The highest BCUT2D eigenvalue weighted by Gasteiger charge is 2.14. The van der Waals surface area contributed by atoms with E-state index in [4.69, 9.17) is 5.11 Å². The molecular formula is C10H7IO2S. The van der Waals surface area contributed by atoms with E-state index in [1.165, 1.54) is 11.3 Å². The quantitative estimate of drug-likeness (QED) is 0.817. The first kappa shape index (κ1) is 9.92. The van der Waals surface area contributed by atoms with Crippen LogP contribution in [0.5, 0.6) is 0 Å². The van der Waals surface area contributed by atoms with E-state index in [0.717, 1.165) is 19.2 Å². The number of aromatic carboxylic acids is 1.